The number of guanidine groups is 1. The zero-order valence-corrected chi connectivity index (χ0v) is 9.17. The molecule has 1 aliphatic carbocycles. The lowest BCUT2D eigenvalue weighted by molar-refractivity contribution is -0.132. The minimum Gasteiger partial charge on any atom is -0.381 e. The van der Waals surface area contributed by atoms with Gasteiger partial charge in [0.05, 0.1) is 6.10 Å². The van der Waals surface area contributed by atoms with Crippen LogP contribution in [0.2, 0.25) is 0 Å². The summed E-state index contributed by atoms with van der Waals surface area (Å²) in [6.07, 6.45) is 2.66. The van der Waals surface area contributed by atoms with E-state index in [0.717, 1.165) is 25.8 Å². The first-order valence-corrected chi connectivity index (χ1v) is 5.37. The van der Waals surface area contributed by atoms with Gasteiger partial charge in [0.15, 0.2) is 5.96 Å². The molecule has 2 rings (SSSR count). The molecule has 2 aliphatic rings. The summed E-state index contributed by atoms with van der Waals surface area (Å²) in [4.78, 5) is 16.0. The van der Waals surface area contributed by atoms with Crippen LogP contribution in [0.4, 0.5) is 0 Å². The Kier molecular flexibility index (Phi) is 2.65. The number of rotatable bonds is 3. The molecule has 1 aliphatic heterocycles. The average molecular weight is 211 g/mol. The number of carbonyl (C=O) groups excluding carboxylic acids is 1. The summed E-state index contributed by atoms with van der Waals surface area (Å²) in [5, 5.41) is 5.93. The van der Waals surface area contributed by atoms with E-state index < -0.39 is 5.54 Å². The van der Waals surface area contributed by atoms with E-state index >= 15 is 0 Å². The summed E-state index contributed by atoms with van der Waals surface area (Å²) in [5.74, 6) is 0.655. The summed E-state index contributed by atoms with van der Waals surface area (Å²) in [6, 6.07) is 0. The maximum Gasteiger partial charge on any atom is 0.252 e. The minimum atomic E-state index is -0.437. The Bertz CT molecular complexity index is 295. The molecule has 1 saturated heterocycles. The largest absolute Gasteiger partial charge is 0.381 e. The van der Waals surface area contributed by atoms with E-state index in [2.05, 4.69) is 22.5 Å². The maximum atomic E-state index is 11.7. The zero-order chi connectivity index (χ0) is 10.9. The second-order valence-corrected chi connectivity index (χ2v) is 4.16. The number of amides is 1. The lowest BCUT2D eigenvalue weighted by Crippen LogP contribution is -2.59. The summed E-state index contributed by atoms with van der Waals surface area (Å²) >= 11 is 0. The molecule has 0 unspecified atom stereocenters. The third-order valence-electron chi connectivity index (χ3n) is 3.00. The summed E-state index contributed by atoms with van der Waals surface area (Å²) < 4.78 is 5.18. The van der Waals surface area contributed by atoms with Gasteiger partial charge >= 0.3 is 0 Å². The Balaban J connectivity index is 1.97. The highest BCUT2D eigenvalue weighted by molar-refractivity contribution is 6.09. The van der Waals surface area contributed by atoms with Crippen molar-refractivity contribution in [1.82, 2.24) is 10.6 Å². The Labute approximate surface area is 89.3 Å². The second kappa shape index (κ2) is 3.81. The number of hydrogen-bond donors (Lipinski definition) is 2. The lowest BCUT2D eigenvalue weighted by atomic mass is 9.74. The van der Waals surface area contributed by atoms with Crippen LogP contribution in [0.25, 0.3) is 0 Å². The van der Waals surface area contributed by atoms with Crippen molar-refractivity contribution in [2.45, 2.75) is 37.8 Å². The van der Waals surface area contributed by atoms with Crippen LogP contribution in [0.3, 0.4) is 0 Å². The van der Waals surface area contributed by atoms with Crippen LogP contribution in [-0.4, -0.2) is 37.2 Å². The van der Waals surface area contributed by atoms with Crippen LogP contribution in [0, 0.1) is 0 Å². The highest BCUT2D eigenvalue weighted by Crippen LogP contribution is 2.36. The molecule has 0 aromatic carbocycles. The second-order valence-electron chi connectivity index (χ2n) is 4.16. The maximum absolute atomic E-state index is 11.7. The van der Waals surface area contributed by atoms with E-state index in [0.29, 0.717) is 5.96 Å². The summed E-state index contributed by atoms with van der Waals surface area (Å²) in [7, 11) is 1.68. The first-order chi connectivity index (χ1) is 7.20. The van der Waals surface area contributed by atoms with Gasteiger partial charge in [-0.25, -0.2) is 0 Å². The van der Waals surface area contributed by atoms with Gasteiger partial charge in [-0.2, -0.15) is 0 Å². The highest BCUT2D eigenvalue weighted by atomic mass is 16.5. The predicted octanol–water partition coefficient (Wildman–Crippen LogP) is 0.0194. The molecule has 2 N–H and O–H groups in total. The topological polar surface area (TPSA) is 62.7 Å². The summed E-state index contributed by atoms with van der Waals surface area (Å²) in [5.41, 5.74) is -0.437. The number of aliphatic imine (C=N–C) groups is 1. The molecule has 1 amide bonds. The zero-order valence-electron chi connectivity index (χ0n) is 9.17. The van der Waals surface area contributed by atoms with E-state index in [9.17, 15) is 4.79 Å². The smallest absolute Gasteiger partial charge is 0.252 e. The number of nitrogens with zero attached hydrogens (tertiary/aromatic N) is 1. The van der Waals surface area contributed by atoms with Gasteiger partial charge in [0.2, 0.25) is 0 Å². The Morgan fingerprint density at radius 1 is 1.60 bits per heavy atom. The van der Waals surface area contributed by atoms with Crippen LogP contribution < -0.4 is 10.6 Å². The van der Waals surface area contributed by atoms with Crippen LogP contribution in [-0.2, 0) is 9.53 Å². The van der Waals surface area contributed by atoms with E-state index in [1.165, 1.54) is 0 Å². The van der Waals surface area contributed by atoms with Gasteiger partial charge in [-0.15, -0.1) is 0 Å². The fourth-order valence-corrected chi connectivity index (χ4v) is 2.02. The molecule has 1 saturated carbocycles. The van der Waals surface area contributed by atoms with Crippen LogP contribution in [0.1, 0.15) is 26.2 Å². The molecule has 0 atom stereocenters. The van der Waals surface area contributed by atoms with Gasteiger partial charge in [0.1, 0.15) is 5.54 Å². The van der Waals surface area contributed by atoms with Crippen molar-refractivity contribution < 1.29 is 9.53 Å². The molecule has 0 aromatic rings. The average Bonchev–Trinajstić information content (AvgIpc) is 2.50. The van der Waals surface area contributed by atoms with Crippen molar-refractivity contribution in [1.29, 1.82) is 0 Å². The van der Waals surface area contributed by atoms with Crippen LogP contribution in [0.5, 0.6) is 0 Å². The predicted molar refractivity (Wildman–Crippen MR) is 56.6 cm³/mol. The van der Waals surface area contributed by atoms with Crippen molar-refractivity contribution >= 4 is 11.9 Å². The van der Waals surface area contributed by atoms with Gasteiger partial charge in [-0.1, -0.05) is 6.92 Å². The van der Waals surface area contributed by atoms with Crippen molar-refractivity contribution in [2.75, 3.05) is 13.7 Å². The molecule has 0 bridgehead atoms. The van der Waals surface area contributed by atoms with Gasteiger partial charge < -0.3 is 10.1 Å². The normalized spacial score (nSPS) is 36.5. The molecule has 0 radical (unpaired) electrons. The number of nitrogens with one attached hydrogen (secondary N) is 2. The molecule has 1 spiro atoms. The van der Waals surface area contributed by atoms with Gasteiger partial charge in [-0.3, -0.25) is 15.1 Å². The van der Waals surface area contributed by atoms with E-state index in [4.69, 9.17) is 4.74 Å². The minimum absolute atomic E-state index is 0.0330. The molecular formula is C10H17N3O2. The van der Waals surface area contributed by atoms with Crippen LogP contribution in [0.15, 0.2) is 4.99 Å². The van der Waals surface area contributed by atoms with Gasteiger partial charge in [-0.05, 0) is 6.42 Å². The molecule has 1 heterocycles. The monoisotopic (exact) mass is 211 g/mol. The summed E-state index contributed by atoms with van der Waals surface area (Å²) in [6.45, 7) is 2.80. The number of ether oxygens (including phenoxy) is 1. The van der Waals surface area contributed by atoms with Crippen molar-refractivity contribution in [3.05, 3.63) is 0 Å². The standard InChI is InChI=1S/C10H17N3O2/c1-3-4-11-9-12-8(14)10(13-9)5-7(6-10)15-2/h7H,3-6H2,1-2H3,(H2,11,12,13,14). The molecular weight excluding hydrogens is 194 g/mol. The fraction of sp³-hybridized carbons (Fsp3) is 0.800. The van der Waals surface area contributed by atoms with E-state index in [1.54, 1.807) is 7.11 Å². The van der Waals surface area contributed by atoms with Crippen molar-refractivity contribution in [2.24, 2.45) is 4.99 Å². The number of hydrogen-bond acceptors (Lipinski definition) is 3. The van der Waals surface area contributed by atoms with Gasteiger partial charge in [0, 0.05) is 26.5 Å². The van der Waals surface area contributed by atoms with Crippen LogP contribution >= 0.6 is 0 Å². The lowest BCUT2D eigenvalue weighted by Gasteiger charge is -2.41. The first kappa shape index (κ1) is 10.4. The van der Waals surface area contributed by atoms with E-state index in [1.807, 2.05) is 0 Å². The van der Waals surface area contributed by atoms with Crippen molar-refractivity contribution in [3.8, 4) is 0 Å². The number of carbonyl (C=O) groups is 1. The molecule has 5 nitrogen and oxygen atoms in total. The molecule has 15 heavy (non-hydrogen) atoms. The third kappa shape index (κ3) is 1.71. The molecule has 84 valence electrons. The van der Waals surface area contributed by atoms with Gasteiger partial charge in [0.25, 0.3) is 5.91 Å². The van der Waals surface area contributed by atoms with Crippen molar-refractivity contribution in [3.63, 3.8) is 0 Å². The Morgan fingerprint density at radius 3 is 2.93 bits per heavy atom. The van der Waals surface area contributed by atoms with E-state index in [-0.39, 0.29) is 12.0 Å². The molecule has 2 fully saturated rings. The highest BCUT2D eigenvalue weighted by Gasteiger charge is 2.54. The quantitative estimate of drug-likeness (QED) is 0.691. The first-order valence-electron chi connectivity index (χ1n) is 5.37. The molecule has 5 heteroatoms. The fourth-order valence-electron chi connectivity index (χ4n) is 2.02. The molecule has 0 aromatic heterocycles. The number of methoxy groups -OCH3 is 1. The third-order valence-corrected chi connectivity index (χ3v) is 3.00. The Hall–Kier alpha value is -1.10. The SMILES string of the molecule is CCCN=C1NC(=O)C2(CC(OC)C2)N1. The Morgan fingerprint density at radius 2 is 2.33 bits per heavy atom.